The second kappa shape index (κ2) is 8.66. The third-order valence-electron chi connectivity index (χ3n) is 3.88. The molecule has 7 nitrogen and oxygen atoms in total. The zero-order valence-electron chi connectivity index (χ0n) is 14.7. The number of amides is 2. The van der Waals surface area contributed by atoms with Crippen molar-refractivity contribution in [2.45, 2.75) is 6.42 Å². The summed E-state index contributed by atoms with van der Waals surface area (Å²) in [4.78, 5) is 23.0. The number of aromatic nitrogens is 2. The molecule has 0 unspecified atom stereocenters. The lowest BCUT2D eigenvalue weighted by molar-refractivity contribution is -0.119. The molecule has 0 aliphatic carbocycles. The van der Waals surface area contributed by atoms with E-state index in [1.54, 1.807) is 35.1 Å². The lowest BCUT2D eigenvalue weighted by atomic mass is 10.1. The number of ether oxygens (including phenoxy) is 1. The summed E-state index contributed by atoms with van der Waals surface area (Å²) in [5.41, 5.74) is 7.61. The summed E-state index contributed by atoms with van der Waals surface area (Å²) in [6.07, 6.45) is 4.33. The van der Waals surface area contributed by atoms with Crippen LogP contribution in [0.1, 0.15) is 15.9 Å². The van der Waals surface area contributed by atoms with Gasteiger partial charge >= 0.3 is 0 Å². The zero-order chi connectivity index (χ0) is 19.1. The molecule has 0 saturated carbocycles. The highest BCUT2D eigenvalue weighted by atomic mass is 16.5. The maximum Gasteiger partial charge on any atom is 0.255 e. The van der Waals surface area contributed by atoms with E-state index in [1.807, 2.05) is 36.5 Å². The summed E-state index contributed by atoms with van der Waals surface area (Å²) in [6.45, 7) is 0.284. The molecular weight excluding hydrogens is 344 g/mol. The number of primary amides is 1. The summed E-state index contributed by atoms with van der Waals surface area (Å²) in [7, 11) is 0. The van der Waals surface area contributed by atoms with E-state index < -0.39 is 5.91 Å². The second-order valence-corrected chi connectivity index (χ2v) is 5.91. The first kappa shape index (κ1) is 18.2. The second-order valence-electron chi connectivity index (χ2n) is 5.91. The molecule has 0 saturated heterocycles. The summed E-state index contributed by atoms with van der Waals surface area (Å²) in [6, 6.07) is 16.5. The van der Waals surface area contributed by atoms with Gasteiger partial charge in [-0.25, -0.2) is 4.68 Å². The van der Waals surface area contributed by atoms with Crippen molar-refractivity contribution in [2.24, 2.45) is 5.73 Å². The van der Waals surface area contributed by atoms with Crippen LogP contribution in [0.3, 0.4) is 0 Å². The van der Waals surface area contributed by atoms with Crippen molar-refractivity contribution >= 4 is 11.8 Å². The molecule has 0 aliphatic rings. The Bertz CT molecular complexity index is 905. The molecule has 2 aromatic carbocycles. The minimum atomic E-state index is -0.566. The average Bonchev–Trinajstić information content (AvgIpc) is 3.22. The number of carbonyl (C=O) groups is 2. The van der Waals surface area contributed by atoms with Gasteiger partial charge in [0.2, 0.25) is 0 Å². The molecule has 3 N–H and O–H groups in total. The normalized spacial score (nSPS) is 10.4. The molecule has 2 amide bonds. The molecule has 0 spiro atoms. The third kappa shape index (κ3) is 5.18. The molecule has 0 radical (unpaired) electrons. The molecule has 0 aliphatic heterocycles. The van der Waals surface area contributed by atoms with E-state index in [2.05, 4.69) is 10.4 Å². The number of nitrogens with zero attached hydrogens (tertiary/aromatic N) is 2. The van der Waals surface area contributed by atoms with E-state index in [9.17, 15) is 9.59 Å². The van der Waals surface area contributed by atoms with Gasteiger partial charge < -0.3 is 15.8 Å². The van der Waals surface area contributed by atoms with Gasteiger partial charge in [0.1, 0.15) is 5.75 Å². The van der Waals surface area contributed by atoms with Crippen LogP contribution in [0.5, 0.6) is 5.75 Å². The molecule has 3 aromatic rings. The van der Waals surface area contributed by atoms with Crippen LogP contribution in [0.15, 0.2) is 67.0 Å². The van der Waals surface area contributed by atoms with Crippen LogP contribution in [0.4, 0.5) is 0 Å². The van der Waals surface area contributed by atoms with E-state index in [0.717, 1.165) is 11.3 Å². The topological polar surface area (TPSA) is 99.2 Å². The largest absolute Gasteiger partial charge is 0.484 e. The molecule has 0 fully saturated rings. The fourth-order valence-corrected chi connectivity index (χ4v) is 2.54. The molecule has 27 heavy (non-hydrogen) atoms. The number of hydrogen-bond donors (Lipinski definition) is 2. The van der Waals surface area contributed by atoms with Gasteiger partial charge in [-0.1, -0.05) is 18.2 Å². The van der Waals surface area contributed by atoms with Crippen molar-refractivity contribution in [1.29, 1.82) is 0 Å². The highest BCUT2D eigenvalue weighted by Crippen LogP contribution is 2.13. The number of nitrogens with two attached hydrogens (primary N) is 1. The molecule has 0 atom stereocenters. The van der Waals surface area contributed by atoms with Gasteiger partial charge in [-0.05, 0) is 48.4 Å². The Morgan fingerprint density at radius 3 is 2.63 bits per heavy atom. The van der Waals surface area contributed by atoms with Gasteiger partial charge in [0.05, 0.1) is 5.69 Å². The Morgan fingerprint density at radius 1 is 1.11 bits per heavy atom. The summed E-state index contributed by atoms with van der Waals surface area (Å²) < 4.78 is 7.00. The number of nitrogens with one attached hydrogen (secondary N) is 1. The smallest absolute Gasteiger partial charge is 0.255 e. The molecule has 1 heterocycles. The minimum Gasteiger partial charge on any atom is -0.484 e. The van der Waals surface area contributed by atoms with E-state index >= 15 is 0 Å². The van der Waals surface area contributed by atoms with Crippen LogP contribution >= 0.6 is 0 Å². The molecule has 1 aromatic heterocycles. The van der Waals surface area contributed by atoms with Crippen molar-refractivity contribution in [3.8, 4) is 11.4 Å². The van der Waals surface area contributed by atoms with Gasteiger partial charge in [-0.2, -0.15) is 5.10 Å². The lowest BCUT2D eigenvalue weighted by Crippen LogP contribution is -2.25. The Balaban J connectivity index is 1.50. The zero-order valence-corrected chi connectivity index (χ0v) is 14.7. The van der Waals surface area contributed by atoms with Crippen LogP contribution in [0.2, 0.25) is 0 Å². The highest BCUT2D eigenvalue weighted by Gasteiger charge is 2.07. The molecular formula is C20H20N4O3. The fraction of sp³-hybridized carbons (Fsp3) is 0.150. The van der Waals surface area contributed by atoms with Gasteiger partial charge in [-0.3, -0.25) is 9.59 Å². The average molecular weight is 364 g/mol. The number of benzene rings is 2. The minimum absolute atomic E-state index is 0.201. The summed E-state index contributed by atoms with van der Waals surface area (Å²) in [5, 5.41) is 7.07. The monoisotopic (exact) mass is 364 g/mol. The van der Waals surface area contributed by atoms with Crippen molar-refractivity contribution in [1.82, 2.24) is 15.1 Å². The number of hydrogen-bond acceptors (Lipinski definition) is 4. The summed E-state index contributed by atoms with van der Waals surface area (Å²) >= 11 is 0. The van der Waals surface area contributed by atoms with Gasteiger partial charge in [0.15, 0.2) is 6.61 Å². The quantitative estimate of drug-likeness (QED) is 0.635. The third-order valence-corrected chi connectivity index (χ3v) is 3.88. The number of carbonyl (C=O) groups excluding carboxylic acids is 2. The maximum atomic E-state index is 12.3. The van der Waals surface area contributed by atoms with Crippen molar-refractivity contribution in [2.75, 3.05) is 13.2 Å². The Hall–Kier alpha value is -3.61. The van der Waals surface area contributed by atoms with E-state index in [4.69, 9.17) is 10.5 Å². The Labute approximate surface area is 156 Å². The van der Waals surface area contributed by atoms with Crippen LogP contribution in [0.25, 0.3) is 5.69 Å². The van der Waals surface area contributed by atoms with Gasteiger partial charge in [0, 0.05) is 24.5 Å². The van der Waals surface area contributed by atoms with E-state index in [-0.39, 0.29) is 12.5 Å². The van der Waals surface area contributed by atoms with Crippen molar-refractivity contribution < 1.29 is 14.3 Å². The van der Waals surface area contributed by atoms with Crippen molar-refractivity contribution in [3.05, 3.63) is 78.1 Å². The van der Waals surface area contributed by atoms with Crippen LogP contribution in [-0.2, 0) is 11.2 Å². The molecule has 3 rings (SSSR count). The SMILES string of the molecule is NC(=O)COc1cccc(C(=O)NCCc2ccc(-n3cccn3)cc2)c1. The Morgan fingerprint density at radius 2 is 1.93 bits per heavy atom. The predicted octanol–water partition coefficient (Wildman–Crippen LogP) is 1.71. The van der Waals surface area contributed by atoms with Crippen LogP contribution < -0.4 is 15.8 Å². The van der Waals surface area contributed by atoms with E-state index in [0.29, 0.717) is 24.3 Å². The predicted molar refractivity (Wildman–Crippen MR) is 101 cm³/mol. The first-order valence-corrected chi connectivity index (χ1v) is 8.50. The van der Waals surface area contributed by atoms with Crippen molar-refractivity contribution in [3.63, 3.8) is 0 Å². The lowest BCUT2D eigenvalue weighted by Gasteiger charge is -2.08. The standard InChI is InChI=1S/C20H20N4O3/c21-19(25)14-27-18-4-1-3-16(13-18)20(26)22-11-9-15-5-7-17(8-6-15)24-12-2-10-23-24/h1-8,10,12-13H,9,11,14H2,(H2,21,25)(H,22,26). The fourth-order valence-electron chi connectivity index (χ4n) is 2.54. The first-order valence-electron chi connectivity index (χ1n) is 8.50. The highest BCUT2D eigenvalue weighted by molar-refractivity contribution is 5.94. The number of rotatable bonds is 8. The maximum absolute atomic E-state index is 12.3. The Kier molecular flexibility index (Phi) is 5.84. The van der Waals surface area contributed by atoms with E-state index in [1.165, 1.54) is 0 Å². The summed E-state index contributed by atoms with van der Waals surface area (Å²) in [5.74, 6) is -0.341. The molecule has 0 bridgehead atoms. The molecule has 7 heteroatoms. The van der Waals surface area contributed by atoms with Gasteiger partial charge in [-0.15, -0.1) is 0 Å². The van der Waals surface area contributed by atoms with Crippen LogP contribution in [0, 0.1) is 0 Å². The first-order chi connectivity index (χ1) is 13.1. The van der Waals surface area contributed by atoms with Crippen LogP contribution in [-0.4, -0.2) is 34.7 Å². The van der Waals surface area contributed by atoms with Gasteiger partial charge in [0.25, 0.3) is 11.8 Å². The molecule has 138 valence electrons.